The lowest BCUT2D eigenvalue weighted by Gasteiger charge is -2.26. The van der Waals surface area contributed by atoms with Gasteiger partial charge in [0.25, 0.3) is 10.0 Å². The van der Waals surface area contributed by atoms with Crippen molar-refractivity contribution in [1.29, 1.82) is 0 Å². The van der Waals surface area contributed by atoms with Crippen LogP contribution in [0.25, 0.3) is 0 Å². The molecule has 0 spiro atoms. The zero-order valence-corrected chi connectivity index (χ0v) is 11.4. The molecule has 110 valence electrons. The maximum atomic E-state index is 13.4. The van der Waals surface area contributed by atoms with Crippen LogP contribution in [0.3, 0.4) is 0 Å². The fourth-order valence-corrected chi connectivity index (χ4v) is 3.61. The second kappa shape index (κ2) is 5.84. The summed E-state index contributed by atoms with van der Waals surface area (Å²) in [4.78, 5) is 14.4. The molecule has 8 heteroatoms. The van der Waals surface area contributed by atoms with Crippen LogP contribution >= 0.6 is 0 Å². The van der Waals surface area contributed by atoms with E-state index in [2.05, 4.69) is 9.71 Å². The lowest BCUT2D eigenvalue weighted by Crippen LogP contribution is -2.39. The molecule has 1 aromatic heterocycles. The maximum absolute atomic E-state index is 13.4. The highest BCUT2D eigenvalue weighted by Gasteiger charge is 2.30. The van der Waals surface area contributed by atoms with Crippen LogP contribution in [0.15, 0.2) is 23.4 Å². The third kappa shape index (κ3) is 3.31. The van der Waals surface area contributed by atoms with E-state index in [4.69, 9.17) is 5.11 Å². The Kier molecular flexibility index (Phi) is 4.34. The van der Waals surface area contributed by atoms with E-state index in [-0.39, 0.29) is 6.04 Å². The second-order valence-corrected chi connectivity index (χ2v) is 6.43. The van der Waals surface area contributed by atoms with Gasteiger partial charge in [0, 0.05) is 12.2 Å². The molecule has 1 fully saturated rings. The predicted octanol–water partition coefficient (Wildman–Crippen LogP) is 1.14. The lowest BCUT2D eigenvalue weighted by atomic mass is 9.87. The van der Waals surface area contributed by atoms with Crippen LogP contribution in [-0.2, 0) is 14.8 Å². The second-order valence-electron chi connectivity index (χ2n) is 4.80. The van der Waals surface area contributed by atoms with Crippen molar-refractivity contribution < 1.29 is 22.7 Å². The zero-order chi connectivity index (χ0) is 14.8. The number of hydrogen-bond donors (Lipinski definition) is 2. The summed E-state index contributed by atoms with van der Waals surface area (Å²) < 4.78 is 39.8. The van der Waals surface area contributed by atoms with Gasteiger partial charge in [0.15, 0.2) is 5.82 Å². The molecule has 1 heterocycles. The van der Waals surface area contributed by atoms with Crippen molar-refractivity contribution >= 4 is 16.0 Å². The number of aliphatic carboxylic acids is 1. The minimum absolute atomic E-state index is 0.378. The van der Waals surface area contributed by atoms with Crippen LogP contribution in [0.1, 0.15) is 25.7 Å². The van der Waals surface area contributed by atoms with Gasteiger partial charge in [-0.3, -0.25) is 4.79 Å². The molecule has 0 radical (unpaired) electrons. The van der Waals surface area contributed by atoms with Crippen LogP contribution in [0.4, 0.5) is 4.39 Å². The summed E-state index contributed by atoms with van der Waals surface area (Å²) in [5, 5.41) is 8.25. The van der Waals surface area contributed by atoms with Crippen LogP contribution < -0.4 is 4.72 Å². The van der Waals surface area contributed by atoms with E-state index >= 15 is 0 Å². The van der Waals surface area contributed by atoms with Crippen LogP contribution in [0.5, 0.6) is 0 Å². The van der Waals surface area contributed by atoms with Crippen LogP contribution in [0.2, 0.25) is 0 Å². The Bertz CT molecular complexity index is 597. The summed E-state index contributed by atoms with van der Waals surface area (Å²) in [5.74, 6) is -2.19. The summed E-state index contributed by atoms with van der Waals surface area (Å²) in [6.45, 7) is 0. The van der Waals surface area contributed by atoms with E-state index < -0.39 is 32.8 Å². The van der Waals surface area contributed by atoms with Crippen molar-refractivity contribution in [2.45, 2.75) is 36.8 Å². The first-order valence-electron chi connectivity index (χ1n) is 6.26. The number of carboxylic acid groups (broad SMARTS) is 1. The van der Waals surface area contributed by atoms with Crippen LogP contribution in [-0.4, -0.2) is 30.5 Å². The van der Waals surface area contributed by atoms with Crippen molar-refractivity contribution in [3.63, 3.8) is 0 Å². The minimum Gasteiger partial charge on any atom is -0.481 e. The number of aromatic nitrogens is 1. The Morgan fingerprint density at radius 1 is 1.35 bits per heavy atom. The molecule has 0 amide bonds. The SMILES string of the molecule is O=C(O)C1CCC(NS(=O)(=O)c2ncccc2F)CC1. The zero-order valence-electron chi connectivity index (χ0n) is 10.6. The Labute approximate surface area is 116 Å². The number of halogens is 1. The van der Waals surface area contributed by atoms with Gasteiger partial charge in [0.2, 0.25) is 5.03 Å². The molecule has 1 aliphatic carbocycles. The van der Waals surface area contributed by atoms with E-state index in [1.807, 2.05) is 0 Å². The fraction of sp³-hybridized carbons (Fsp3) is 0.500. The van der Waals surface area contributed by atoms with Crippen molar-refractivity contribution in [2.24, 2.45) is 5.92 Å². The van der Waals surface area contributed by atoms with Gasteiger partial charge < -0.3 is 5.11 Å². The van der Waals surface area contributed by atoms with Gasteiger partial charge in [-0.1, -0.05) is 0 Å². The molecule has 6 nitrogen and oxygen atoms in total. The van der Waals surface area contributed by atoms with Gasteiger partial charge in [-0.25, -0.2) is 22.5 Å². The van der Waals surface area contributed by atoms with Gasteiger partial charge in [-0.15, -0.1) is 0 Å². The average molecular weight is 302 g/mol. The summed E-state index contributed by atoms with van der Waals surface area (Å²) in [5.41, 5.74) is 0. The van der Waals surface area contributed by atoms with Crippen molar-refractivity contribution in [3.05, 3.63) is 24.1 Å². The highest BCUT2D eigenvalue weighted by molar-refractivity contribution is 7.89. The molecular weight excluding hydrogens is 287 g/mol. The van der Waals surface area contributed by atoms with E-state index in [1.54, 1.807) is 0 Å². The van der Waals surface area contributed by atoms with Crippen LogP contribution in [0, 0.1) is 11.7 Å². The molecule has 2 rings (SSSR count). The smallest absolute Gasteiger partial charge is 0.306 e. The first-order valence-corrected chi connectivity index (χ1v) is 7.74. The molecule has 20 heavy (non-hydrogen) atoms. The van der Waals surface area contributed by atoms with Crippen molar-refractivity contribution in [3.8, 4) is 0 Å². The Balaban J connectivity index is 2.04. The molecule has 1 saturated carbocycles. The third-order valence-corrected chi connectivity index (χ3v) is 4.83. The van der Waals surface area contributed by atoms with Crippen molar-refractivity contribution in [1.82, 2.24) is 9.71 Å². The summed E-state index contributed by atoms with van der Waals surface area (Å²) in [6, 6.07) is 1.96. The molecule has 0 atom stereocenters. The molecule has 0 bridgehead atoms. The lowest BCUT2D eigenvalue weighted by molar-refractivity contribution is -0.142. The molecule has 2 N–H and O–H groups in total. The number of pyridine rings is 1. The van der Waals surface area contributed by atoms with E-state index in [0.717, 1.165) is 6.07 Å². The largest absolute Gasteiger partial charge is 0.481 e. The maximum Gasteiger partial charge on any atom is 0.306 e. The van der Waals surface area contributed by atoms with Gasteiger partial charge in [0.05, 0.1) is 5.92 Å². The van der Waals surface area contributed by atoms with E-state index in [9.17, 15) is 17.6 Å². The first kappa shape index (κ1) is 14.9. The molecule has 0 aliphatic heterocycles. The quantitative estimate of drug-likeness (QED) is 0.869. The van der Waals surface area contributed by atoms with E-state index in [0.29, 0.717) is 25.7 Å². The van der Waals surface area contributed by atoms with Gasteiger partial charge >= 0.3 is 5.97 Å². The Morgan fingerprint density at radius 2 is 2.00 bits per heavy atom. The monoisotopic (exact) mass is 302 g/mol. The molecule has 0 aromatic carbocycles. The van der Waals surface area contributed by atoms with Gasteiger partial charge in [-0.05, 0) is 37.8 Å². The normalized spacial score (nSPS) is 23.4. The molecule has 1 aliphatic rings. The highest BCUT2D eigenvalue weighted by atomic mass is 32.2. The number of nitrogens with one attached hydrogen (secondary N) is 1. The fourth-order valence-electron chi connectivity index (χ4n) is 2.30. The number of carboxylic acids is 1. The topological polar surface area (TPSA) is 96.4 Å². The summed E-state index contributed by atoms with van der Waals surface area (Å²) in [7, 11) is -4.01. The molecular formula is C12H15FN2O4S. The summed E-state index contributed by atoms with van der Waals surface area (Å²) in [6.07, 6.45) is 2.87. The van der Waals surface area contributed by atoms with Gasteiger partial charge in [0.1, 0.15) is 0 Å². The molecule has 0 saturated heterocycles. The number of carbonyl (C=O) groups is 1. The molecule has 0 unspecified atom stereocenters. The van der Waals surface area contributed by atoms with E-state index in [1.165, 1.54) is 12.3 Å². The first-order chi connectivity index (χ1) is 9.40. The Morgan fingerprint density at radius 3 is 2.55 bits per heavy atom. The number of rotatable bonds is 4. The minimum atomic E-state index is -4.01. The molecule has 1 aromatic rings. The number of sulfonamides is 1. The summed E-state index contributed by atoms with van der Waals surface area (Å²) >= 11 is 0. The number of nitrogens with zero attached hydrogens (tertiary/aromatic N) is 1. The standard InChI is InChI=1S/C12H15FN2O4S/c13-10-2-1-7-14-11(10)20(18,19)15-9-5-3-8(4-6-9)12(16)17/h1-2,7-9,15H,3-6H2,(H,16,17). The Hall–Kier alpha value is -1.54. The van der Waals surface area contributed by atoms with Crippen molar-refractivity contribution in [2.75, 3.05) is 0 Å². The van der Waals surface area contributed by atoms with Gasteiger partial charge in [-0.2, -0.15) is 0 Å². The average Bonchev–Trinajstić information content (AvgIpc) is 2.39. The third-order valence-electron chi connectivity index (χ3n) is 3.38. The number of hydrogen-bond acceptors (Lipinski definition) is 4. The predicted molar refractivity (Wildman–Crippen MR) is 67.9 cm³/mol. The highest BCUT2D eigenvalue weighted by Crippen LogP contribution is 2.25.